The van der Waals surface area contributed by atoms with Gasteiger partial charge in [-0.1, -0.05) is 11.6 Å². The minimum Gasteiger partial charge on any atom is -0.296 e. The molecule has 1 amide bonds. The Kier molecular flexibility index (Phi) is 5.20. The molecule has 7 nitrogen and oxygen atoms in total. The van der Waals surface area contributed by atoms with Crippen LogP contribution in [0.5, 0.6) is 0 Å². The summed E-state index contributed by atoms with van der Waals surface area (Å²) in [6.45, 7) is 1.74. The van der Waals surface area contributed by atoms with E-state index < -0.39 is 11.3 Å². The molecule has 1 N–H and O–H groups in total. The highest BCUT2D eigenvalue weighted by molar-refractivity contribution is 7.14. The number of halogens is 1. The van der Waals surface area contributed by atoms with E-state index in [0.29, 0.717) is 27.2 Å². The first-order chi connectivity index (χ1) is 14.0. The molecule has 3 aromatic heterocycles. The largest absolute Gasteiger partial charge is 0.296 e. The van der Waals surface area contributed by atoms with Crippen LogP contribution in [0, 0.1) is 6.92 Å². The van der Waals surface area contributed by atoms with Crippen LogP contribution in [0.15, 0.2) is 65.0 Å². The van der Waals surface area contributed by atoms with Crippen molar-refractivity contribution in [3.05, 3.63) is 86.9 Å². The molecule has 144 valence electrons. The highest BCUT2D eigenvalue weighted by Crippen LogP contribution is 2.24. The highest BCUT2D eigenvalue weighted by atomic mass is 35.5. The third kappa shape index (κ3) is 4.08. The molecule has 0 radical (unpaired) electrons. The summed E-state index contributed by atoms with van der Waals surface area (Å²) in [7, 11) is 0. The summed E-state index contributed by atoms with van der Waals surface area (Å²) in [5, 5.41) is 9.65. The lowest BCUT2D eigenvalue weighted by Gasteiger charge is -2.11. The maximum absolute atomic E-state index is 12.7. The molecule has 4 rings (SSSR count). The van der Waals surface area contributed by atoms with Crippen molar-refractivity contribution in [1.82, 2.24) is 19.7 Å². The zero-order valence-corrected chi connectivity index (χ0v) is 16.7. The molecule has 4 aromatic rings. The van der Waals surface area contributed by atoms with E-state index in [1.165, 1.54) is 22.1 Å². The van der Waals surface area contributed by atoms with E-state index in [0.717, 1.165) is 5.56 Å². The summed E-state index contributed by atoms with van der Waals surface area (Å²) in [5.74, 6) is -0.621. The quantitative estimate of drug-likeness (QED) is 0.536. The van der Waals surface area contributed by atoms with Crippen molar-refractivity contribution in [3.8, 4) is 16.9 Å². The number of aromatic nitrogens is 4. The topological polar surface area (TPSA) is 89.8 Å². The molecule has 3 heterocycles. The monoisotopic (exact) mass is 423 g/mol. The van der Waals surface area contributed by atoms with Crippen molar-refractivity contribution in [2.75, 3.05) is 5.32 Å². The van der Waals surface area contributed by atoms with E-state index in [4.69, 9.17) is 11.6 Å². The number of anilines is 1. The summed E-state index contributed by atoms with van der Waals surface area (Å²) < 4.78 is 1.52. The number of amides is 1. The average Bonchev–Trinajstić information content (AvgIpc) is 3.18. The Balaban J connectivity index is 1.62. The van der Waals surface area contributed by atoms with Crippen LogP contribution in [-0.2, 0) is 0 Å². The molecular formula is C20H14ClN5O2S. The molecule has 1 aromatic carbocycles. The summed E-state index contributed by atoms with van der Waals surface area (Å²) in [6.07, 6.45) is 3.36. The van der Waals surface area contributed by atoms with Crippen LogP contribution < -0.4 is 10.7 Å². The molecule has 0 fully saturated rings. The van der Waals surface area contributed by atoms with Gasteiger partial charge in [0, 0.05) is 40.1 Å². The van der Waals surface area contributed by atoms with Gasteiger partial charge < -0.3 is 0 Å². The molecule has 0 aliphatic carbocycles. The van der Waals surface area contributed by atoms with Crippen molar-refractivity contribution in [2.45, 2.75) is 6.92 Å². The van der Waals surface area contributed by atoms with E-state index in [-0.39, 0.29) is 5.69 Å². The Morgan fingerprint density at radius 3 is 2.72 bits per heavy atom. The SMILES string of the molecule is Cc1cc(=O)c(C(=O)Nc2nc(-c3cccnc3)cs2)nn1-c1ccc(Cl)cc1. The van der Waals surface area contributed by atoms with Crippen LogP contribution in [-0.4, -0.2) is 25.7 Å². The van der Waals surface area contributed by atoms with Crippen molar-refractivity contribution in [1.29, 1.82) is 0 Å². The Labute approximate surface area is 174 Å². The lowest BCUT2D eigenvalue weighted by Crippen LogP contribution is -2.26. The summed E-state index contributed by atoms with van der Waals surface area (Å²) >= 11 is 7.19. The van der Waals surface area contributed by atoms with E-state index in [1.54, 1.807) is 49.0 Å². The number of nitrogens with one attached hydrogen (secondary N) is 1. The number of nitrogens with zero attached hydrogens (tertiary/aromatic N) is 4. The van der Waals surface area contributed by atoms with E-state index >= 15 is 0 Å². The van der Waals surface area contributed by atoms with Crippen LogP contribution in [0.1, 0.15) is 16.2 Å². The number of carbonyl (C=O) groups is 1. The predicted octanol–water partition coefficient (Wildman–Crippen LogP) is 3.97. The number of rotatable bonds is 4. The Bertz CT molecular complexity index is 1240. The van der Waals surface area contributed by atoms with Gasteiger partial charge in [-0.05, 0) is 43.3 Å². The maximum Gasteiger partial charge on any atom is 0.281 e. The zero-order chi connectivity index (χ0) is 20.4. The minimum atomic E-state index is -0.621. The molecule has 0 atom stereocenters. The standard InChI is InChI=1S/C20H14ClN5O2S/c1-12-9-17(27)18(25-26(12)15-6-4-14(21)5-7-15)19(28)24-20-23-16(11-29-20)13-3-2-8-22-10-13/h2-11H,1H3,(H,23,24,28). The van der Waals surface area contributed by atoms with Gasteiger partial charge in [0.15, 0.2) is 10.8 Å². The molecule has 0 bridgehead atoms. The van der Waals surface area contributed by atoms with Crippen LogP contribution in [0.4, 0.5) is 5.13 Å². The molecular weight excluding hydrogens is 410 g/mol. The fourth-order valence-electron chi connectivity index (χ4n) is 2.68. The second-order valence-electron chi connectivity index (χ2n) is 6.12. The smallest absolute Gasteiger partial charge is 0.281 e. The van der Waals surface area contributed by atoms with Gasteiger partial charge in [0.1, 0.15) is 0 Å². The molecule has 0 saturated heterocycles. The maximum atomic E-state index is 12.7. The second kappa shape index (κ2) is 7.94. The number of thiazole rings is 1. The van der Waals surface area contributed by atoms with Crippen LogP contribution in [0.25, 0.3) is 16.9 Å². The van der Waals surface area contributed by atoms with Crippen molar-refractivity contribution < 1.29 is 4.79 Å². The molecule has 9 heteroatoms. The summed E-state index contributed by atoms with van der Waals surface area (Å²) in [5.41, 5.74) is 2.13. The second-order valence-corrected chi connectivity index (χ2v) is 7.42. The van der Waals surface area contributed by atoms with Gasteiger partial charge in [-0.3, -0.25) is 19.9 Å². The lowest BCUT2D eigenvalue weighted by atomic mass is 10.2. The van der Waals surface area contributed by atoms with Gasteiger partial charge in [0.05, 0.1) is 11.4 Å². The fourth-order valence-corrected chi connectivity index (χ4v) is 3.52. The lowest BCUT2D eigenvalue weighted by molar-refractivity contribution is 0.101. The van der Waals surface area contributed by atoms with Crippen molar-refractivity contribution >= 4 is 34.0 Å². The number of aryl methyl sites for hydroxylation is 1. The van der Waals surface area contributed by atoms with Crippen LogP contribution >= 0.6 is 22.9 Å². The Morgan fingerprint density at radius 1 is 1.21 bits per heavy atom. The number of hydrogen-bond acceptors (Lipinski definition) is 6. The number of carbonyl (C=O) groups excluding carboxylic acids is 1. The first-order valence-corrected chi connectivity index (χ1v) is 9.81. The molecule has 0 unspecified atom stereocenters. The first kappa shape index (κ1) is 19.0. The van der Waals surface area contributed by atoms with Gasteiger partial charge in [-0.15, -0.1) is 11.3 Å². The van der Waals surface area contributed by atoms with Gasteiger partial charge in [0.2, 0.25) is 5.43 Å². The minimum absolute atomic E-state index is 0.219. The number of pyridine rings is 1. The molecule has 0 saturated carbocycles. The van der Waals surface area contributed by atoms with E-state index in [1.807, 2.05) is 12.1 Å². The van der Waals surface area contributed by atoms with Gasteiger partial charge >= 0.3 is 0 Å². The number of hydrogen-bond donors (Lipinski definition) is 1. The first-order valence-electron chi connectivity index (χ1n) is 8.55. The molecule has 0 spiro atoms. The predicted molar refractivity (Wildman–Crippen MR) is 113 cm³/mol. The third-order valence-corrected chi connectivity index (χ3v) is 5.09. The Hall–Kier alpha value is -3.36. The normalized spacial score (nSPS) is 10.7. The molecule has 0 aliphatic rings. The highest BCUT2D eigenvalue weighted by Gasteiger charge is 2.17. The van der Waals surface area contributed by atoms with Crippen molar-refractivity contribution in [3.63, 3.8) is 0 Å². The molecule has 0 aliphatic heterocycles. The summed E-state index contributed by atoms with van der Waals surface area (Å²) in [4.78, 5) is 33.5. The number of benzene rings is 1. The zero-order valence-electron chi connectivity index (χ0n) is 15.2. The average molecular weight is 424 g/mol. The van der Waals surface area contributed by atoms with Crippen LogP contribution in [0.2, 0.25) is 5.02 Å². The molecule has 29 heavy (non-hydrogen) atoms. The fraction of sp³-hybridized carbons (Fsp3) is 0.0500. The van der Waals surface area contributed by atoms with E-state index in [9.17, 15) is 9.59 Å². The van der Waals surface area contributed by atoms with Crippen LogP contribution in [0.3, 0.4) is 0 Å². The van der Waals surface area contributed by atoms with Gasteiger partial charge in [0.25, 0.3) is 5.91 Å². The third-order valence-electron chi connectivity index (χ3n) is 4.08. The van der Waals surface area contributed by atoms with Crippen molar-refractivity contribution in [2.24, 2.45) is 0 Å². The van der Waals surface area contributed by atoms with E-state index in [2.05, 4.69) is 20.4 Å². The van der Waals surface area contributed by atoms with Gasteiger partial charge in [-0.2, -0.15) is 5.10 Å². The Morgan fingerprint density at radius 2 is 2.00 bits per heavy atom. The van der Waals surface area contributed by atoms with Gasteiger partial charge in [-0.25, -0.2) is 9.67 Å². The summed E-state index contributed by atoms with van der Waals surface area (Å²) in [6, 6.07) is 12.0.